The highest BCUT2D eigenvalue weighted by atomic mass is 16.2. The summed E-state index contributed by atoms with van der Waals surface area (Å²) in [6.45, 7) is 4.90. The number of benzene rings is 1. The molecule has 2 fully saturated rings. The second-order valence-electron chi connectivity index (χ2n) is 9.28. The Morgan fingerprint density at radius 1 is 0.939 bits per heavy atom. The highest BCUT2D eigenvalue weighted by molar-refractivity contribution is 6.07. The number of pyridine rings is 1. The molecule has 0 unspecified atom stereocenters. The van der Waals surface area contributed by atoms with Gasteiger partial charge in [-0.2, -0.15) is 5.10 Å². The molecule has 4 heterocycles. The number of carbonyl (C=O) groups is 2. The maximum Gasteiger partial charge on any atom is 0.254 e. The number of amides is 2. The van der Waals surface area contributed by atoms with Crippen molar-refractivity contribution < 1.29 is 9.59 Å². The van der Waals surface area contributed by atoms with Crippen LogP contribution < -0.4 is 0 Å². The maximum atomic E-state index is 13.7. The lowest BCUT2D eigenvalue weighted by molar-refractivity contribution is -0.137. The van der Waals surface area contributed by atoms with Crippen LogP contribution in [0, 0.1) is 12.8 Å². The third-order valence-corrected chi connectivity index (χ3v) is 7.07. The van der Waals surface area contributed by atoms with Gasteiger partial charge >= 0.3 is 0 Å². The van der Waals surface area contributed by atoms with E-state index in [9.17, 15) is 9.59 Å². The maximum absolute atomic E-state index is 13.7. The molecule has 5 rings (SSSR count). The quantitative estimate of drug-likeness (QED) is 0.615. The number of rotatable bonds is 3. The topological polar surface area (TPSA) is 71.3 Å². The van der Waals surface area contributed by atoms with Crippen LogP contribution in [0.1, 0.15) is 48.2 Å². The SMILES string of the molecule is Cc1nn(C)c2nc(-c3ccccc3)cc(C(=O)N3CCC(C(=O)N4CCCCC4)CC3)c12. The third-order valence-electron chi connectivity index (χ3n) is 7.07. The standard InChI is InChI=1S/C26H31N5O2/c1-18-23-21(17-22(19-9-5-3-6-10-19)27-24(23)29(2)28-18)26(33)31-15-11-20(12-16-31)25(32)30-13-7-4-8-14-30/h3,5-6,9-10,17,20H,4,7-8,11-16H2,1-2H3. The second-order valence-corrected chi connectivity index (χ2v) is 9.28. The van der Waals surface area contributed by atoms with Crippen LogP contribution in [0.3, 0.4) is 0 Å². The molecule has 0 saturated carbocycles. The second kappa shape index (κ2) is 8.96. The fourth-order valence-corrected chi connectivity index (χ4v) is 5.24. The summed E-state index contributed by atoms with van der Waals surface area (Å²) in [5.74, 6) is 0.312. The summed E-state index contributed by atoms with van der Waals surface area (Å²) in [6.07, 6.45) is 4.89. The normalized spacial score (nSPS) is 17.5. The first kappa shape index (κ1) is 21.6. The van der Waals surface area contributed by atoms with Gasteiger partial charge in [-0.25, -0.2) is 4.98 Å². The van der Waals surface area contributed by atoms with Crippen LogP contribution >= 0.6 is 0 Å². The van der Waals surface area contributed by atoms with Gasteiger partial charge < -0.3 is 9.80 Å². The minimum absolute atomic E-state index is 0.000414. The van der Waals surface area contributed by atoms with Crippen LogP contribution in [0.2, 0.25) is 0 Å². The Hall–Kier alpha value is -3.22. The molecule has 0 N–H and O–H groups in total. The van der Waals surface area contributed by atoms with Crippen molar-refractivity contribution in [1.29, 1.82) is 0 Å². The molecule has 172 valence electrons. The van der Waals surface area contributed by atoms with Crippen LogP contribution in [-0.4, -0.2) is 62.6 Å². The molecule has 2 aliphatic rings. The van der Waals surface area contributed by atoms with Crippen LogP contribution in [0.15, 0.2) is 36.4 Å². The largest absolute Gasteiger partial charge is 0.342 e. The third kappa shape index (κ3) is 4.12. The highest BCUT2D eigenvalue weighted by Crippen LogP contribution is 2.29. The van der Waals surface area contributed by atoms with E-state index in [-0.39, 0.29) is 17.7 Å². The molecule has 1 aromatic carbocycles. The van der Waals surface area contributed by atoms with Gasteiger partial charge in [0.05, 0.1) is 22.3 Å². The Morgan fingerprint density at radius 2 is 1.64 bits per heavy atom. The van der Waals surface area contributed by atoms with Crippen molar-refractivity contribution in [2.45, 2.75) is 39.0 Å². The molecule has 0 bridgehead atoms. The molecule has 7 nitrogen and oxygen atoms in total. The smallest absolute Gasteiger partial charge is 0.254 e. The Morgan fingerprint density at radius 3 is 2.33 bits per heavy atom. The fourth-order valence-electron chi connectivity index (χ4n) is 5.24. The summed E-state index contributed by atoms with van der Waals surface area (Å²) in [5, 5.41) is 5.35. The molecule has 2 amide bonds. The molecule has 0 atom stereocenters. The number of hydrogen-bond donors (Lipinski definition) is 0. The first-order chi connectivity index (χ1) is 16.0. The number of hydrogen-bond acceptors (Lipinski definition) is 4. The summed E-state index contributed by atoms with van der Waals surface area (Å²) in [7, 11) is 1.86. The number of aromatic nitrogens is 3. The molecule has 0 spiro atoms. The summed E-state index contributed by atoms with van der Waals surface area (Å²) >= 11 is 0. The van der Waals surface area contributed by atoms with E-state index in [0.717, 1.165) is 61.1 Å². The number of likely N-dealkylation sites (tertiary alicyclic amines) is 2. The van der Waals surface area contributed by atoms with Gasteiger partial charge in [0.2, 0.25) is 5.91 Å². The zero-order valence-corrected chi connectivity index (χ0v) is 19.5. The number of nitrogens with zero attached hydrogens (tertiary/aromatic N) is 5. The van der Waals surface area contributed by atoms with Crippen LogP contribution in [-0.2, 0) is 11.8 Å². The molecule has 0 aliphatic carbocycles. The van der Waals surface area contributed by atoms with Crippen molar-refractivity contribution >= 4 is 22.8 Å². The van der Waals surface area contributed by atoms with Gasteiger partial charge in [0.1, 0.15) is 0 Å². The number of carbonyl (C=O) groups excluding carboxylic acids is 2. The summed E-state index contributed by atoms with van der Waals surface area (Å²) in [5.41, 5.74) is 3.90. The number of fused-ring (bicyclic) bond motifs is 1. The van der Waals surface area contributed by atoms with Gasteiger partial charge in [-0.15, -0.1) is 0 Å². The van der Waals surface area contributed by atoms with Gasteiger partial charge in [0.25, 0.3) is 5.91 Å². The van der Waals surface area contributed by atoms with Gasteiger partial charge in [-0.05, 0) is 45.1 Å². The van der Waals surface area contributed by atoms with Crippen molar-refractivity contribution in [1.82, 2.24) is 24.6 Å². The van der Waals surface area contributed by atoms with E-state index < -0.39 is 0 Å². The Kier molecular flexibility index (Phi) is 5.87. The van der Waals surface area contributed by atoms with E-state index in [4.69, 9.17) is 4.98 Å². The molecule has 3 aromatic rings. The summed E-state index contributed by atoms with van der Waals surface area (Å²) in [6, 6.07) is 11.8. The van der Waals surface area contributed by atoms with E-state index >= 15 is 0 Å². The average Bonchev–Trinajstić information content (AvgIpc) is 3.17. The highest BCUT2D eigenvalue weighted by Gasteiger charge is 2.32. The average molecular weight is 446 g/mol. The molecule has 2 aromatic heterocycles. The Labute approximate surface area is 194 Å². The van der Waals surface area contributed by atoms with Crippen molar-refractivity contribution in [2.75, 3.05) is 26.2 Å². The van der Waals surface area contributed by atoms with Gasteiger partial charge in [-0.3, -0.25) is 14.3 Å². The van der Waals surface area contributed by atoms with E-state index in [2.05, 4.69) is 5.10 Å². The Balaban J connectivity index is 1.40. The first-order valence-electron chi connectivity index (χ1n) is 12.0. The lowest BCUT2D eigenvalue weighted by Gasteiger charge is -2.35. The van der Waals surface area contributed by atoms with Gasteiger partial charge in [0.15, 0.2) is 5.65 Å². The van der Waals surface area contributed by atoms with Crippen molar-refractivity contribution in [3.63, 3.8) is 0 Å². The Bertz CT molecular complexity index is 1170. The lowest BCUT2D eigenvalue weighted by Crippen LogP contribution is -2.45. The van der Waals surface area contributed by atoms with Crippen molar-refractivity contribution in [3.8, 4) is 11.3 Å². The molecule has 2 aliphatic heterocycles. The zero-order valence-electron chi connectivity index (χ0n) is 19.5. The monoisotopic (exact) mass is 445 g/mol. The molecule has 7 heteroatoms. The van der Waals surface area contributed by atoms with Crippen LogP contribution in [0.5, 0.6) is 0 Å². The molecular weight excluding hydrogens is 414 g/mol. The first-order valence-corrected chi connectivity index (χ1v) is 12.0. The summed E-state index contributed by atoms with van der Waals surface area (Å²) < 4.78 is 1.75. The van der Waals surface area contributed by atoms with Crippen molar-refractivity contribution in [2.24, 2.45) is 13.0 Å². The van der Waals surface area contributed by atoms with Gasteiger partial charge in [-0.1, -0.05) is 30.3 Å². The fraction of sp³-hybridized carbons (Fsp3) is 0.462. The minimum Gasteiger partial charge on any atom is -0.342 e. The van der Waals surface area contributed by atoms with Gasteiger partial charge in [0, 0.05) is 44.7 Å². The predicted molar refractivity (Wildman–Crippen MR) is 128 cm³/mol. The molecule has 33 heavy (non-hydrogen) atoms. The van der Waals surface area contributed by atoms with Crippen molar-refractivity contribution in [3.05, 3.63) is 47.7 Å². The lowest BCUT2D eigenvalue weighted by atomic mass is 9.93. The summed E-state index contributed by atoms with van der Waals surface area (Å²) in [4.78, 5) is 35.4. The van der Waals surface area contributed by atoms with E-state index in [1.807, 2.05) is 60.2 Å². The number of piperidine rings is 2. The molecule has 0 radical (unpaired) electrons. The molecule has 2 saturated heterocycles. The minimum atomic E-state index is -0.000414. The van der Waals surface area contributed by atoms with E-state index in [1.54, 1.807) is 4.68 Å². The predicted octanol–water partition coefficient (Wildman–Crippen LogP) is 3.81. The van der Waals surface area contributed by atoms with E-state index in [0.29, 0.717) is 24.3 Å². The zero-order chi connectivity index (χ0) is 22.9. The molecular formula is C26H31N5O2. The van der Waals surface area contributed by atoms with Crippen LogP contribution in [0.4, 0.5) is 0 Å². The van der Waals surface area contributed by atoms with Crippen LogP contribution in [0.25, 0.3) is 22.3 Å². The van der Waals surface area contributed by atoms with E-state index in [1.165, 1.54) is 6.42 Å². The number of aryl methyl sites for hydroxylation is 2.